The summed E-state index contributed by atoms with van der Waals surface area (Å²) < 4.78 is 32.6. The van der Waals surface area contributed by atoms with E-state index >= 15 is 4.39 Å². The Morgan fingerprint density at radius 3 is 2.42 bits per heavy atom. The number of allylic oxidation sites excluding steroid dienone is 1. The van der Waals surface area contributed by atoms with E-state index in [2.05, 4.69) is 36.6 Å². The van der Waals surface area contributed by atoms with Crippen LogP contribution in [0, 0.1) is 34.9 Å². The maximum Gasteiger partial charge on any atom is 0.309 e. The first-order valence-corrected chi connectivity index (χ1v) is 18.1. The number of hydrogen-bond donors (Lipinski definition) is 2. The minimum Gasteiger partial charge on any atom is -0.496 e. The van der Waals surface area contributed by atoms with Crippen LogP contribution in [-0.4, -0.2) is 43.1 Å². The predicted octanol–water partition coefficient (Wildman–Crippen LogP) is 7.28. The van der Waals surface area contributed by atoms with Crippen molar-refractivity contribution >= 4 is 28.6 Å². The zero-order chi connectivity index (χ0) is 35.0. The van der Waals surface area contributed by atoms with E-state index in [0.29, 0.717) is 25.7 Å². The molecular formula is C41H47FN2O6. The quantitative estimate of drug-likeness (QED) is 0.172. The highest BCUT2D eigenvalue weighted by molar-refractivity contribution is 5.98. The van der Waals surface area contributed by atoms with Gasteiger partial charge in [0, 0.05) is 18.2 Å². The molecule has 7 rings (SSSR count). The van der Waals surface area contributed by atoms with Crippen molar-refractivity contribution in [2.45, 2.75) is 90.0 Å². The van der Waals surface area contributed by atoms with Gasteiger partial charge in [0.2, 0.25) is 5.91 Å². The van der Waals surface area contributed by atoms with Crippen molar-refractivity contribution in [1.82, 2.24) is 10.6 Å². The second kappa shape index (κ2) is 14.1. The molecule has 0 radical (unpaired) electrons. The molecule has 5 atom stereocenters. The van der Waals surface area contributed by atoms with Crippen molar-refractivity contribution in [3.63, 3.8) is 0 Å². The molecule has 2 bridgehead atoms. The van der Waals surface area contributed by atoms with Gasteiger partial charge in [0.05, 0.1) is 30.6 Å². The van der Waals surface area contributed by atoms with Crippen molar-refractivity contribution in [3.05, 3.63) is 83.7 Å². The lowest BCUT2D eigenvalue weighted by Gasteiger charge is -2.33. The Morgan fingerprint density at radius 2 is 1.66 bits per heavy atom. The van der Waals surface area contributed by atoms with Crippen molar-refractivity contribution in [1.29, 1.82) is 0 Å². The minimum absolute atomic E-state index is 0.0183. The third-order valence-corrected chi connectivity index (χ3v) is 11.7. The SMILES string of the molecule is COc1cc(F)c(OC2CCC(C(=O)OCc3cccc4ccccc34)CC2)cc1C(=O)NC1C2C=CC(C2)C1C(=O)NC1CCCC1(C)C. The molecule has 5 unspecified atom stereocenters. The number of esters is 1. The zero-order valence-electron chi connectivity index (χ0n) is 29.1. The van der Waals surface area contributed by atoms with Crippen molar-refractivity contribution in [2.24, 2.45) is 29.1 Å². The van der Waals surface area contributed by atoms with E-state index in [-0.39, 0.29) is 82.8 Å². The second-order valence-electron chi connectivity index (χ2n) is 15.2. The Bertz CT molecular complexity index is 1790. The van der Waals surface area contributed by atoms with Crippen LogP contribution >= 0.6 is 0 Å². The third kappa shape index (κ3) is 6.83. The van der Waals surface area contributed by atoms with Gasteiger partial charge in [-0.05, 0) is 84.6 Å². The lowest BCUT2D eigenvalue weighted by atomic mass is 9.84. The van der Waals surface area contributed by atoms with Crippen LogP contribution in [0.5, 0.6) is 11.5 Å². The number of rotatable bonds is 10. The number of hydrogen-bond acceptors (Lipinski definition) is 6. The molecule has 2 amide bonds. The van der Waals surface area contributed by atoms with Gasteiger partial charge in [-0.1, -0.05) is 74.9 Å². The Kier molecular flexibility index (Phi) is 9.59. The number of carbonyl (C=O) groups is 3. The van der Waals surface area contributed by atoms with Crippen molar-refractivity contribution in [2.75, 3.05) is 7.11 Å². The first kappa shape index (κ1) is 34.1. The number of nitrogens with one attached hydrogen (secondary N) is 2. The standard InChI is InChI=1S/C41H47FN2O6/c1-41(2)19-7-12-35(41)43-39(46)36-26-13-14-27(20-26)37(36)44-38(45)31-21-34(32(42)22-33(31)48-3)50-29-17-15-25(16-18-29)40(47)49-23-28-10-6-9-24-8-4-5-11-30(24)28/h4-6,8-11,13-14,21-22,25-27,29,35-37H,7,12,15-20,23H2,1-3H3,(H,43,46)(H,44,45). The second-order valence-corrected chi connectivity index (χ2v) is 15.2. The van der Waals surface area contributed by atoms with Crippen LogP contribution in [0.2, 0.25) is 0 Å². The molecule has 3 aromatic rings. The summed E-state index contributed by atoms with van der Waals surface area (Å²) in [5.41, 5.74) is 1.16. The highest BCUT2D eigenvalue weighted by Crippen LogP contribution is 2.45. The average Bonchev–Trinajstić information content (AvgIpc) is 3.82. The number of amides is 2. The molecule has 50 heavy (non-hydrogen) atoms. The average molecular weight is 683 g/mol. The molecule has 0 spiro atoms. The Hall–Kier alpha value is -4.40. The smallest absolute Gasteiger partial charge is 0.309 e. The minimum atomic E-state index is -0.630. The van der Waals surface area contributed by atoms with E-state index in [1.807, 2.05) is 42.5 Å². The van der Waals surface area contributed by atoms with E-state index in [1.54, 1.807) is 0 Å². The summed E-state index contributed by atoms with van der Waals surface area (Å²) in [6.07, 6.45) is 10.0. The Morgan fingerprint density at radius 1 is 0.900 bits per heavy atom. The summed E-state index contributed by atoms with van der Waals surface area (Å²) in [7, 11) is 1.40. The summed E-state index contributed by atoms with van der Waals surface area (Å²) in [5, 5.41) is 8.59. The Balaban J connectivity index is 0.971. The summed E-state index contributed by atoms with van der Waals surface area (Å²) in [5.74, 6) is -1.78. The van der Waals surface area contributed by atoms with Crippen molar-refractivity contribution < 1.29 is 33.0 Å². The number of benzene rings is 3. The largest absolute Gasteiger partial charge is 0.496 e. The lowest BCUT2D eigenvalue weighted by molar-refractivity contribution is -0.151. The first-order chi connectivity index (χ1) is 24.1. The molecule has 9 heteroatoms. The van der Waals surface area contributed by atoms with E-state index in [4.69, 9.17) is 14.2 Å². The molecule has 4 aliphatic rings. The normalized spacial score (nSPS) is 28.0. The molecule has 4 aliphatic carbocycles. The van der Waals surface area contributed by atoms with Gasteiger partial charge in [-0.3, -0.25) is 14.4 Å². The molecule has 0 aromatic heterocycles. The van der Waals surface area contributed by atoms with Gasteiger partial charge >= 0.3 is 5.97 Å². The number of carbonyl (C=O) groups excluding carboxylic acids is 3. The van der Waals surface area contributed by atoms with Gasteiger partial charge < -0.3 is 24.8 Å². The van der Waals surface area contributed by atoms with Gasteiger partial charge in [-0.25, -0.2) is 4.39 Å². The fourth-order valence-electron chi connectivity index (χ4n) is 8.72. The lowest BCUT2D eigenvalue weighted by Crippen LogP contribution is -2.52. The first-order valence-electron chi connectivity index (χ1n) is 18.1. The van der Waals surface area contributed by atoms with E-state index < -0.39 is 11.7 Å². The fraction of sp³-hybridized carbons (Fsp3) is 0.488. The molecule has 2 N–H and O–H groups in total. The topological polar surface area (TPSA) is 103 Å². The molecular weight excluding hydrogens is 635 g/mol. The van der Waals surface area contributed by atoms with Gasteiger partial charge in [0.25, 0.3) is 5.91 Å². The number of ether oxygens (including phenoxy) is 3. The van der Waals surface area contributed by atoms with Crippen molar-refractivity contribution in [3.8, 4) is 11.5 Å². The maximum atomic E-state index is 15.3. The highest BCUT2D eigenvalue weighted by atomic mass is 19.1. The van der Waals surface area contributed by atoms with Crippen LogP contribution in [0.4, 0.5) is 4.39 Å². The number of fused-ring (bicyclic) bond motifs is 3. The van der Waals surface area contributed by atoms with Crippen LogP contribution < -0.4 is 20.1 Å². The third-order valence-electron chi connectivity index (χ3n) is 11.7. The molecule has 0 saturated heterocycles. The monoisotopic (exact) mass is 682 g/mol. The fourth-order valence-corrected chi connectivity index (χ4v) is 8.72. The van der Waals surface area contributed by atoms with Crippen LogP contribution in [0.1, 0.15) is 81.1 Å². The van der Waals surface area contributed by atoms with E-state index in [1.165, 1.54) is 19.2 Å². The Labute approximate surface area is 293 Å². The molecule has 0 aliphatic heterocycles. The van der Waals surface area contributed by atoms with Crippen LogP contribution in [0.15, 0.2) is 66.7 Å². The van der Waals surface area contributed by atoms with Gasteiger partial charge in [0.15, 0.2) is 11.6 Å². The molecule has 0 heterocycles. The number of methoxy groups -OCH3 is 1. The van der Waals surface area contributed by atoms with Gasteiger partial charge in [-0.2, -0.15) is 0 Å². The molecule has 8 nitrogen and oxygen atoms in total. The predicted molar refractivity (Wildman–Crippen MR) is 188 cm³/mol. The molecule has 3 saturated carbocycles. The van der Waals surface area contributed by atoms with Crippen LogP contribution in [-0.2, 0) is 20.9 Å². The zero-order valence-corrected chi connectivity index (χ0v) is 29.1. The number of halogens is 1. The van der Waals surface area contributed by atoms with E-state index in [9.17, 15) is 14.4 Å². The summed E-state index contributed by atoms with van der Waals surface area (Å²) >= 11 is 0. The van der Waals surface area contributed by atoms with Crippen LogP contribution in [0.3, 0.4) is 0 Å². The highest BCUT2D eigenvalue weighted by Gasteiger charge is 2.50. The van der Waals surface area contributed by atoms with Gasteiger partial charge in [-0.15, -0.1) is 0 Å². The van der Waals surface area contributed by atoms with E-state index in [0.717, 1.165) is 42.0 Å². The van der Waals surface area contributed by atoms with Gasteiger partial charge in [0.1, 0.15) is 12.4 Å². The summed E-state index contributed by atoms with van der Waals surface area (Å²) in [6.45, 7) is 4.60. The molecule has 3 fully saturated rings. The summed E-state index contributed by atoms with van der Waals surface area (Å²) in [4.78, 5) is 40.4. The van der Waals surface area contributed by atoms with Crippen LogP contribution in [0.25, 0.3) is 10.8 Å². The molecule has 3 aromatic carbocycles. The molecule has 264 valence electrons. The summed E-state index contributed by atoms with van der Waals surface area (Å²) in [6, 6.07) is 16.3. The maximum absolute atomic E-state index is 15.3.